The number of rotatable bonds is 7. The quantitative estimate of drug-likeness (QED) is 0.493. The highest BCUT2D eigenvalue weighted by atomic mass is 35.5. The fraction of sp³-hybridized carbons (Fsp3) is 0.304. The van der Waals surface area contributed by atoms with Crippen LogP contribution in [-0.2, 0) is 11.2 Å². The second-order valence-electron chi connectivity index (χ2n) is 7.55. The van der Waals surface area contributed by atoms with E-state index in [9.17, 15) is 24.2 Å². The molecule has 31 heavy (non-hydrogen) atoms. The summed E-state index contributed by atoms with van der Waals surface area (Å²) in [6, 6.07) is 7.06. The van der Waals surface area contributed by atoms with Crippen molar-refractivity contribution in [3.8, 4) is 5.75 Å². The molecule has 6 nitrogen and oxygen atoms in total. The highest BCUT2D eigenvalue weighted by Crippen LogP contribution is 2.38. The third kappa shape index (κ3) is 4.35. The maximum Gasteiger partial charge on any atom is 0.339 e. The minimum atomic E-state index is -1.35. The van der Waals surface area contributed by atoms with E-state index in [0.29, 0.717) is 22.4 Å². The molecule has 0 radical (unpaired) electrons. The van der Waals surface area contributed by atoms with Crippen molar-refractivity contribution in [2.24, 2.45) is 0 Å². The first-order valence-electron chi connectivity index (χ1n) is 9.69. The molecule has 0 spiro atoms. The Morgan fingerprint density at radius 1 is 1.29 bits per heavy atom. The summed E-state index contributed by atoms with van der Waals surface area (Å²) in [5.41, 5.74) is 1.16. The molecule has 1 unspecified atom stereocenters. The summed E-state index contributed by atoms with van der Waals surface area (Å²) >= 11 is 5.88. The van der Waals surface area contributed by atoms with E-state index < -0.39 is 23.6 Å². The van der Waals surface area contributed by atoms with Gasteiger partial charge in [0.25, 0.3) is 0 Å². The van der Waals surface area contributed by atoms with E-state index in [2.05, 4.69) is 0 Å². The Balaban J connectivity index is 2.18. The van der Waals surface area contributed by atoms with Crippen LogP contribution in [0.5, 0.6) is 5.75 Å². The number of carboxylic acid groups (broad SMARTS) is 1. The highest BCUT2D eigenvalue weighted by Gasteiger charge is 2.35. The van der Waals surface area contributed by atoms with Gasteiger partial charge in [-0.1, -0.05) is 23.7 Å². The number of Topliss-reactive ketones (excluding diaryl/α,β-unsaturated/α-hetero) is 1. The molecular weight excluding hydrogens is 425 g/mol. The molecule has 164 valence electrons. The summed E-state index contributed by atoms with van der Waals surface area (Å²) < 4.78 is 19.9. The standard InChI is InChI=1S/C23H23ClFNO5/c1-12(2)26(11-27)19-9-17(23(29)30)22(28)16-8-14(20(31-3)10-15(16)19)7-13-5-4-6-18(24)21(13)25/h4-6,8-10,12,19,27H,7,11H2,1-3H3,(H,29,30). The Morgan fingerprint density at radius 3 is 2.58 bits per heavy atom. The molecule has 8 heteroatoms. The lowest BCUT2D eigenvalue weighted by Crippen LogP contribution is -2.38. The van der Waals surface area contributed by atoms with Crippen LogP contribution in [0.2, 0.25) is 5.02 Å². The molecule has 0 saturated carbocycles. The van der Waals surface area contributed by atoms with Gasteiger partial charge in [0.2, 0.25) is 0 Å². The molecule has 1 aliphatic rings. The van der Waals surface area contributed by atoms with Gasteiger partial charge in [0, 0.05) is 18.0 Å². The van der Waals surface area contributed by atoms with Crippen LogP contribution in [0.4, 0.5) is 4.39 Å². The zero-order valence-corrected chi connectivity index (χ0v) is 18.1. The van der Waals surface area contributed by atoms with Crippen molar-refractivity contribution in [1.29, 1.82) is 0 Å². The second kappa shape index (κ2) is 9.18. The molecule has 0 aromatic heterocycles. The molecule has 2 N–H and O–H groups in total. The van der Waals surface area contributed by atoms with Crippen molar-refractivity contribution in [2.45, 2.75) is 32.4 Å². The molecular formula is C23H23ClFNO5. The Kier molecular flexibility index (Phi) is 6.79. The number of carbonyl (C=O) groups is 2. The summed E-state index contributed by atoms with van der Waals surface area (Å²) in [5, 5.41) is 19.4. The summed E-state index contributed by atoms with van der Waals surface area (Å²) in [6.07, 6.45) is 1.44. The Bertz CT molecular complexity index is 1070. The normalized spacial score (nSPS) is 15.8. The fourth-order valence-electron chi connectivity index (χ4n) is 3.78. The number of aliphatic hydroxyl groups excluding tert-OH is 1. The number of hydrogen-bond acceptors (Lipinski definition) is 5. The van der Waals surface area contributed by atoms with Crippen molar-refractivity contribution in [3.05, 3.63) is 75.1 Å². The molecule has 2 aromatic rings. The number of aliphatic carboxylic acids is 1. The number of benzene rings is 2. The summed E-state index contributed by atoms with van der Waals surface area (Å²) in [7, 11) is 1.46. The molecule has 1 atom stereocenters. The van der Waals surface area contributed by atoms with Gasteiger partial charge in [-0.3, -0.25) is 9.69 Å². The van der Waals surface area contributed by atoms with Crippen molar-refractivity contribution in [2.75, 3.05) is 13.8 Å². The summed E-state index contributed by atoms with van der Waals surface area (Å²) in [6.45, 7) is 3.37. The SMILES string of the molecule is COc1cc2c(cc1Cc1cccc(Cl)c1F)C(=O)C(C(=O)O)=CC2N(CO)C(C)C. The van der Waals surface area contributed by atoms with Crippen molar-refractivity contribution in [1.82, 2.24) is 4.90 Å². The number of hydrogen-bond donors (Lipinski definition) is 2. The van der Waals surface area contributed by atoms with Gasteiger partial charge in [-0.15, -0.1) is 0 Å². The van der Waals surface area contributed by atoms with Crippen LogP contribution in [0.25, 0.3) is 0 Å². The third-order valence-electron chi connectivity index (χ3n) is 5.41. The van der Waals surface area contributed by atoms with Gasteiger partial charge >= 0.3 is 5.97 Å². The smallest absolute Gasteiger partial charge is 0.339 e. The zero-order valence-electron chi connectivity index (χ0n) is 17.4. The number of aliphatic hydroxyl groups is 1. The van der Waals surface area contributed by atoms with Crippen LogP contribution in [0.1, 0.15) is 46.9 Å². The van der Waals surface area contributed by atoms with Crippen LogP contribution >= 0.6 is 11.6 Å². The lowest BCUT2D eigenvalue weighted by Gasteiger charge is -2.35. The largest absolute Gasteiger partial charge is 0.496 e. The molecule has 0 fully saturated rings. The fourth-order valence-corrected chi connectivity index (χ4v) is 3.98. The predicted molar refractivity (Wildman–Crippen MR) is 114 cm³/mol. The molecule has 0 amide bonds. The second-order valence-corrected chi connectivity index (χ2v) is 7.96. The van der Waals surface area contributed by atoms with E-state index in [0.717, 1.165) is 0 Å². The first-order valence-corrected chi connectivity index (χ1v) is 10.1. The molecule has 0 bridgehead atoms. The van der Waals surface area contributed by atoms with Crippen molar-refractivity contribution >= 4 is 23.4 Å². The van der Waals surface area contributed by atoms with Crippen molar-refractivity contribution < 1.29 is 28.9 Å². The lowest BCUT2D eigenvalue weighted by atomic mass is 9.84. The Morgan fingerprint density at radius 2 is 2.00 bits per heavy atom. The average Bonchev–Trinajstić information content (AvgIpc) is 2.72. The Labute approximate surface area is 184 Å². The number of carboxylic acids is 1. The van der Waals surface area contributed by atoms with E-state index in [1.54, 1.807) is 23.1 Å². The van der Waals surface area contributed by atoms with E-state index >= 15 is 0 Å². The number of ether oxygens (including phenoxy) is 1. The van der Waals surface area contributed by atoms with Gasteiger partial charge in [0.15, 0.2) is 5.78 Å². The van der Waals surface area contributed by atoms with Gasteiger partial charge in [0.05, 0.1) is 24.9 Å². The summed E-state index contributed by atoms with van der Waals surface area (Å²) in [5.74, 6) is -2.13. The van der Waals surface area contributed by atoms with Gasteiger partial charge in [-0.25, -0.2) is 9.18 Å². The van der Waals surface area contributed by atoms with Crippen LogP contribution in [0.15, 0.2) is 42.0 Å². The minimum Gasteiger partial charge on any atom is -0.496 e. The molecule has 2 aromatic carbocycles. The number of carbonyl (C=O) groups excluding carboxylic acids is 1. The predicted octanol–water partition coefficient (Wildman–Crippen LogP) is 3.99. The number of fused-ring (bicyclic) bond motifs is 1. The summed E-state index contributed by atoms with van der Waals surface area (Å²) in [4.78, 5) is 26.3. The number of ketones is 1. The van der Waals surface area contributed by atoms with Gasteiger partial charge in [-0.2, -0.15) is 0 Å². The topological polar surface area (TPSA) is 87.1 Å². The zero-order chi connectivity index (χ0) is 22.9. The average molecular weight is 448 g/mol. The number of methoxy groups -OCH3 is 1. The Hall–Kier alpha value is -2.74. The van der Waals surface area contributed by atoms with Crippen LogP contribution in [0, 0.1) is 5.82 Å². The van der Waals surface area contributed by atoms with Crippen LogP contribution in [0.3, 0.4) is 0 Å². The van der Waals surface area contributed by atoms with E-state index in [1.165, 1.54) is 25.3 Å². The van der Waals surface area contributed by atoms with Crippen LogP contribution < -0.4 is 4.74 Å². The first kappa shape index (κ1) is 22.9. The van der Waals surface area contributed by atoms with Crippen molar-refractivity contribution in [3.63, 3.8) is 0 Å². The lowest BCUT2D eigenvalue weighted by molar-refractivity contribution is -0.132. The monoisotopic (exact) mass is 447 g/mol. The molecule has 0 aliphatic heterocycles. The maximum absolute atomic E-state index is 14.4. The highest BCUT2D eigenvalue weighted by molar-refractivity contribution is 6.30. The van der Waals surface area contributed by atoms with E-state index in [-0.39, 0.29) is 35.4 Å². The number of halogens is 2. The molecule has 1 aliphatic carbocycles. The third-order valence-corrected chi connectivity index (χ3v) is 5.70. The van der Waals surface area contributed by atoms with Gasteiger partial charge in [-0.05, 0) is 54.8 Å². The first-order chi connectivity index (χ1) is 14.7. The molecule has 0 saturated heterocycles. The van der Waals surface area contributed by atoms with Crippen LogP contribution in [-0.4, -0.2) is 46.7 Å². The van der Waals surface area contributed by atoms with Gasteiger partial charge < -0.3 is 14.9 Å². The minimum absolute atomic E-state index is 0.0165. The van der Waals surface area contributed by atoms with E-state index in [1.807, 2.05) is 13.8 Å². The number of nitrogens with zero attached hydrogens (tertiary/aromatic N) is 1. The molecule has 3 rings (SSSR count). The van der Waals surface area contributed by atoms with Gasteiger partial charge in [0.1, 0.15) is 17.1 Å². The van der Waals surface area contributed by atoms with E-state index in [4.69, 9.17) is 16.3 Å². The molecule has 0 heterocycles. The maximum atomic E-state index is 14.4.